The number of benzene rings is 1. The van der Waals surface area contributed by atoms with Crippen molar-refractivity contribution in [2.24, 2.45) is 0 Å². The molecule has 8 nitrogen and oxygen atoms in total. The van der Waals surface area contributed by atoms with Crippen molar-refractivity contribution >= 4 is 27.6 Å². The third-order valence-electron chi connectivity index (χ3n) is 4.95. The van der Waals surface area contributed by atoms with Crippen LogP contribution in [0.25, 0.3) is 0 Å². The largest absolute Gasteiger partial charge is 0.390 e. The zero-order valence-corrected chi connectivity index (χ0v) is 15.6. The van der Waals surface area contributed by atoms with Gasteiger partial charge in [-0.15, -0.1) is 0 Å². The number of carbonyl (C=O) groups is 2. The molecule has 0 unspecified atom stereocenters. The first-order valence-electron chi connectivity index (χ1n) is 8.75. The Morgan fingerprint density at radius 2 is 1.77 bits per heavy atom. The van der Waals surface area contributed by atoms with E-state index >= 15 is 0 Å². The summed E-state index contributed by atoms with van der Waals surface area (Å²) in [6.07, 6.45) is 0.258. The molecule has 26 heavy (non-hydrogen) atoms. The van der Waals surface area contributed by atoms with Crippen LogP contribution in [0.1, 0.15) is 26.7 Å². The fourth-order valence-electron chi connectivity index (χ4n) is 3.56. The van der Waals surface area contributed by atoms with E-state index in [0.717, 1.165) is 4.90 Å². The van der Waals surface area contributed by atoms with E-state index in [-0.39, 0.29) is 4.90 Å². The minimum Gasteiger partial charge on any atom is -0.390 e. The zero-order valence-electron chi connectivity index (χ0n) is 14.8. The number of hydrogen-bond acceptors (Lipinski definition) is 5. The summed E-state index contributed by atoms with van der Waals surface area (Å²) in [4.78, 5) is 27.7. The van der Waals surface area contributed by atoms with Crippen LogP contribution in [0.4, 0.5) is 10.5 Å². The van der Waals surface area contributed by atoms with Crippen molar-refractivity contribution in [1.82, 2.24) is 9.21 Å². The van der Waals surface area contributed by atoms with Crippen LogP contribution in [0.3, 0.4) is 0 Å². The molecule has 1 aromatic rings. The summed E-state index contributed by atoms with van der Waals surface area (Å²) in [7, 11) is -3.60. The van der Waals surface area contributed by atoms with Gasteiger partial charge in [-0.2, -0.15) is 4.31 Å². The standard InChI is InChI=1S/C17H23N3O5S/c1-3-18(4-2)26(24,25)13-9-7-12(8-10-13)20-16(22)15-14(21)6-5-11-19(15)17(20)23/h7-10,14-15,21H,3-6,11H2,1-2H3/t14-,15+/m1/s1. The van der Waals surface area contributed by atoms with Crippen LogP contribution in [-0.2, 0) is 14.8 Å². The van der Waals surface area contributed by atoms with Crippen molar-refractivity contribution < 1.29 is 23.1 Å². The van der Waals surface area contributed by atoms with Crippen molar-refractivity contribution in [3.05, 3.63) is 24.3 Å². The molecule has 0 bridgehead atoms. The number of aliphatic hydroxyl groups excluding tert-OH is 1. The Morgan fingerprint density at radius 3 is 2.31 bits per heavy atom. The maximum Gasteiger partial charge on any atom is 0.332 e. The monoisotopic (exact) mass is 381 g/mol. The number of anilines is 1. The molecule has 2 aliphatic rings. The topological polar surface area (TPSA) is 98.2 Å². The summed E-state index contributed by atoms with van der Waals surface area (Å²) >= 11 is 0. The molecule has 1 N–H and O–H groups in total. The number of carbonyl (C=O) groups excluding carboxylic acids is 2. The fourth-order valence-corrected chi connectivity index (χ4v) is 5.02. The highest BCUT2D eigenvalue weighted by Crippen LogP contribution is 2.31. The van der Waals surface area contributed by atoms with Gasteiger partial charge in [-0.25, -0.2) is 18.1 Å². The molecular weight excluding hydrogens is 358 g/mol. The van der Waals surface area contributed by atoms with Crippen LogP contribution < -0.4 is 4.90 Å². The van der Waals surface area contributed by atoms with Gasteiger partial charge in [0.05, 0.1) is 16.7 Å². The summed E-state index contributed by atoms with van der Waals surface area (Å²) < 4.78 is 26.4. The molecule has 0 saturated carbocycles. The molecular formula is C17H23N3O5S. The van der Waals surface area contributed by atoms with Gasteiger partial charge in [-0.3, -0.25) is 4.79 Å². The van der Waals surface area contributed by atoms with E-state index in [9.17, 15) is 23.1 Å². The Hall–Kier alpha value is -1.97. The first-order chi connectivity index (χ1) is 12.3. The Balaban J connectivity index is 1.90. The predicted octanol–water partition coefficient (Wildman–Crippen LogP) is 1.01. The lowest BCUT2D eigenvalue weighted by molar-refractivity contribution is -0.124. The molecule has 1 aromatic carbocycles. The second-order valence-corrected chi connectivity index (χ2v) is 8.33. The van der Waals surface area contributed by atoms with Crippen molar-refractivity contribution in [2.45, 2.75) is 43.7 Å². The van der Waals surface area contributed by atoms with Gasteiger partial charge in [-0.1, -0.05) is 13.8 Å². The molecule has 2 aliphatic heterocycles. The van der Waals surface area contributed by atoms with E-state index in [1.807, 2.05) is 0 Å². The molecule has 2 fully saturated rings. The molecule has 0 spiro atoms. The van der Waals surface area contributed by atoms with Crippen LogP contribution >= 0.6 is 0 Å². The molecule has 3 rings (SSSR count). The van der Waals surface area contributed by atoms with E-state index in [4.69, 9.17) is 0 Å². The number of urea groups is 1. The Labute approximate surface area is 153 Å². The number of aliphatic hydroxyl groups is 1. The summed E-state index contributed by atoms with van der Waals surface area (Å²) in [5.41, 5.74) is 0.306. The van der Waals surface area contributed by atoms with Gasteiger partial charge in [0.25, 0.3) is 5.91 Å². The van der Waals surface area contributed by atoms with Crippen molar-refractivity contribution in [3.8, 4) is 0 Å². The van der Waals surface area contributed by atoms with Gasteiger partial charge >= 0.3 is 6.03 Å². The number of nitrogens with zero attached hydrogens (tertiary/aromatic N) is 3. The number of piperidine rings is 1. The predicted molar refractivity (Wildman–Crippen MR) is 95.2 cm³/mol. The van der Waals surface area contributed by atoms with Gasteiger partial charge < -0.3 is 10.0 Å². The molecule has 3 amide bonds. The second kappa shape index (κ2) is 6.98. The third-order valence-corrected chi connectivity index (χ3v) is 7.01. The Kier molecular flexibility index (Phi) is 5.05. The molecule has 2 atom stereocenters. The van der Waals surface area contributed by atoms with Crippen LogP contribution in [0, 0.1) is 0 Å². The van der Waals surface area contributed by atoms with Gasteiger partial charge in [0.2, 0.25) is 10.0 Å². The van der Waals surface area contributed by atoms with Crippen molar-refractivity contribution in [1.29, 1.82) is 0 Å². The number of hydrogen-bond donors (Lipinski definition) is 1. The van der Waals surface area contributed by atoms with Gasteiger partial charge in [0.15, 0.2) is 0 Å². The molecule has 2 heterocycles. The zero-order chi connectivity index (χ0) is 19.1. The normalized spacial score (nSPS) is 23.7. The van der Waals surface area contributed by atoms with Crippen LogP contribution in [-0.4, -0.2) is 66.4 Å². The van der Waals surface area contributed by atoms with Crippen LogP contribution in [0.2, 0.25) is 0 Å². The quantitative estimate of drug-likeness (QED) is 0.768. The minimum atomic E-state index is -3.60. The molecule has 0 aliphatic carbocycles. The first kappa shape index (κ1) is 18.8. The smallest absolute Gasteiger partial charge is 0.332 e. The number of sulfonamides is 1. The van der Waals surface area contributed by atoms with Crippen molar-refractivity contribution in [2.75, 3.05) is 24.5 Å². The maximum absolute atomic E-state index is 12.6. The summed E-state index contributed by atoms with van der Waals surface area (Å²) in [6, 6.07) is 4.39. The maximum atomic E-state index is 12.6. The first-order valence-corrected chi connectivity index (χ1v) is 10.2. The lowest BCUT2D eigenvalue weighted by Crippen LogP contribution is -2.48. The number of rotatable bonds is 5. The third kappa shape index (κ3) is 2.89. The fraction of sp³-hybridized carbons (Fsp3) is 0.529. The molecule has 9 heteroatoms. The molecule has 2 saturated heterocycles. The van der Waals surface area contributed by atoms with E-state index in [1.54, 1.807) is 13.8 Å². The number of fused-ring (bicyclic) bond motifs is 1. The average molecular weight is 381 g/mol. The number of amides is 3. The Morgan fingerprint density at radius 1 is 1.15 bits per heavy atom. The van der Waals surface area contributed by atoms with E-state index in [0.29, 0.717) is 38.2 Å². The molecule has 0 aromatic heterocycles. The SMILES string of the molecule is CCN(CC)S(=O)(=O)c1ccc(N2C(=O)[C@@H]3[C@H](O)CCCN3C2=O)cc1. The van der Waals surface area contributed by atoms with Gasteiger partial charge in [0, 0.05) is 19.6 Å². The summed E-state index contributed by atoms with van der Waals surface area (Å²) in [5, 5.41) is 10.1. The average Bonchev–Trinajstić information content (AvgIpc) is 2.88. The van der Waals surface area contributed by atoms with E-state index < -0.39 is 34.1 Å². The Bertz CT molecular complexity index is 804. The van der Waals surface area contributed by atoms with E-state index in [2.05, 4.69) is 0 Å². The van der Waals surface area contributed by atoms with Crippen molar-refractivity contribution in [3.63, 3.8) is 0 Å². The lowest BCUT2D eigenvalue weighted by atomic mass is 10.00. The van der Waals surface area contributed by atoms with Gasteiger partial charge in [0.1, 0.15) is 6.04 Å². The summed E-state index contributed by atoms with van der Waals surface area (Å²) in [6.45, 7) is 4.67. The number of imide groups is 1. The van der Waals surface area contributed by atoms with E-state index in [1.165, 1.54) is 33.5 Å². The van der Waals surface area contributed by atoms with Gasteiger partial charge in [-0.05, 0) is 37.1 Å². The summed E-state index contributed by atoms with van der Waals surface area (Å²) in [5.74, 6) is -0.471. The highest BCUT2D eigenvalue weighted by atomic mass is 32.2. The molecule has 142 valence electrons. The van der Waals surface area contributed by atoms with Crippen LogP contribution in [0.15, 0.2) is 29.2 Å². The second-order valence-electron chi connectivity index (χ2n) is 6.39. The van der Waals surface area contributed by atoms with Crippen LogP contribution in [0.5, 0.6) is 0 Å². The minimum absolute atomic E-state index is 0.113. The highest BCUT2D eigenvalue weighted by Gasteiger charge is 2.50. The molecule has 0 radical (unpaired) electrons. The lowest BCUT2D eigenvalue weighted by Gasteiger charge is -2.30. The highest BCUT2D eigenvalue weighted by molar-refractivity contribution is 7.89.